The monoisotopic (exact) mass is 416 g/mol. The van der Waals surface area contributed by atoms with Crippen LogP contribution in [0.5, 0.6) is 5.75 Å². The number of ether oxygens (including phenoxy) is 2. The molecule has 2 aromatic rings. The quantitative estimate of drug-likeness (QED) is 0.568. The lowest BCUT2D eigenvalue weighted by Gasteiger charge is -2.23. The van der Waals surface area contributed by atoms with Crippen molar-refractivity contribution < 1.29 is 14.3 Å². The number of nitrogens with one attached hydrogen (secondary N) is 1. The second kappa shape index (κ2) is 11.0. The predicted octanol–water partition coefficient (Wildman–Crippen LogP) is 1.62. The normalized spacial score (nSPS) is 11.0. The maximum absolute atomic E-state index is 12.9. The fourth-order valence-electron chi connectivity index (χ4n) is 2.86. The van der Waals surface area contributed by atoms with Crippen LogP contribution in [0, 0.1) is 0 Å². The third-order valence-electron chi connectivity index (χ3n) is 4.54. The van der Waals surface area contributed by atoms with Gasteiger partial charge in [0.25, 0.3) is 11.5 Å². The molecular formula is C21H28N4O5. The molecule has 0 atom stereocenters. The highest BCUT2D eigenvalue weighted by molar-refractivity contribution is 6.05. The number of nitrogen functional groups attached to an aromatic ring is 1. The van der Waals surface area contributed by atoms with Gasteiger partial charge < -0.3 is 15.2 Å². The molecule has 0 saturated carbocycles. The number of aromatic amines is 1. The smallest absolute Gasteiger partial charge is 0.330 e. The lowest BCUT2D eigenvalue weighted by molar-refractivity contribution is -0.114. The topological polar surface area (TPSA) is 120 Å². The maximum Gasteiger partial charge on any atom is 0.330 e. The molecule has 162 valence electrons. The Bertz CT molecular complexity index is 992. The summed E-state index contributed by atoms with van der Waals surface area (Å²) < 4.78 is 11.5. The molecule has 0 spiro atoms. The van der Waals surface area contributed by atoms with Crippen molar-refractivity contribution in [2.24, 2.45) is 0 Å². The Morgan fingerprint density at radius 1 is 1.23 bits per heavy atom. The molecule has 9 heteroatoms. The first-order chi connectivity index (χ1) is 14.4. The number of benzene rings is 1. The van der Waals surface area contributed by atoms with E-state index in [0.717, 1.165) is 12.0 Å². The van der Waals surface area contributed by atoms with E-state index in [9.17, 15) is 14.4 Å². The first kappa shape index (κ1) is 23.0. The summed E-state index contributed by atoms with van der Waals surface area (Å²) in [6.07, 6.45) is 4.52. The summed E-state index contributed by atoms with van der Waals surface area (Å²) in [5, 5.41) is 0. The average molecular weight is 416 g/mol. The van der Waals surface area contributed by atoms with Crippen LogP contribution in [0.25, 0.3) is 6.08 Å². The minimum absolute atomic E-state index is 0.0421. The van der Waals surface area contributed by atoms with Gasteiger partial charge in [-0.15, -0.1) is 0 Å². The van der Waals surface area contributed by atoms with Crippen LogP contribution in [0.3, 0.4) is 0 Å². The first-order valence-electron chi connectivity index (χ1n) is 9.68. The first-order valence-corrected chi connectivity index (χ1v) is 9.68. The third-order valence-corrected chi connectivity index (χ3v) is 4.54. The van der Waals surface area contributed by atoms with Gasteiger partial charge in [-0.1, -0.05) is 25.5 Å². The number of nitrogens with two attached hydrogens (primary N) is 1. The molecule has 0 bridgehead atoms. The number of amides is 1. The molecular weight excluding hydrogens is 388 g/mol. The van der Waals surface area contributed by atoms with Crippen molar-refractivity contribution >= 4 is 23.5 Å². The van der Waals surface area contributed by atoms with Gasteiger partial charge >= 0.3 is 5.69 Å². The number of anilines is 2. The molecule has 3 N–H and O–H groups in total. The Kier molecular flexibility index (Phi) is 8.42. The zero-order valence-corrected chi connectivity index (χ0v) is 17.5. The number of carbonyl (C=O) groups excluding carboxylic acids is 1. The summed E-state index contributed by atoms with van der Waals surface area (Å²) in [5.74, 6) is 0.203. The highest BCUT2D eigenvalue weighted by Gasteiger charge is 2.22. The van der Waals surface area contributed by atoms with E-state index in [1.54, 1.807) is 37.5 Å². The van der Waals surface area contributed by atoms with Crippen molar-refractivity contribution in [2.45, 2.75) is 26.3 Å². The summed E-state index contributed by atoms with van der Waals surface area (Å²) in [6.45, 7) is 2.61. The molecule has 0 radical (unpaired) electrons. The molecule has 0 unspecified atom stereocenters. The fraction of sp³-hybridized carbons (Fsp3) is 0.381. The predicted molar refractivity (Wildman–Crippen MR) is 117 cm³/mol. The van der Waals surface area contributed by atoms with Crippen LogP contribution >= 0.6 is 0 Å². The van der Waals surface area contributed by atoms with Gasteiger partial charge in [0.1, 0.15) is 11.6 Å². The van der Waals surface area contributed by atoms with E-state index in [0.29, 0.717) is 18.7 Å². The Hall–Kier alpha value is -3.33. The summed E-state index contributed by atoms with van der Waals surface area (Å²) in [4.78, 5) is 41.1. The molecule has 1 aromatic heterocycles. The molecule has 1 heterocycles. The SMILES string of the molecule is CCCCn1c(N)c(N(CCOC)C(=O)/C=C/c2ccc(OC)cc2)c(=O)[nH]c1=O. The Labute approximate surface area is 174 Å². The van der Waals surface area contributed by atoms with Gasteiger partial charge in [0.2, 0.25) is 0 Å². The van der Waals surface area contributed by atoms with Crippen LogP contribution in [0.15, 0.2) is 39.9 Å². The minimum atomic E-state index is -0.715. The van der Waals surface area contributed by atoms with Gasteiger partial charge in [-0.25, -0.2) is 4.79 Å². The zero-order valence-electron chi connectivity index (χ0n) is 17.5. The Morgan fingerprint density at radius 2 is 1.93 bits per heavy atom. The van der Waals surface area contributed by atoms with E-state index in [2.05, 4.69) is 4.98 Å². The number of hydrogen-bond donors (Lipinski definition) is 2. The Balaban J connectivity index is 2.40. The molecule has 2 rings (SSSR count). The highest BCUT2D eigenvalue weighted by Crippen LogP contribution is 2.18. The van der Waals surface area contributed by atoms with Crippen LogP contribution in [0.4, 0.5) is 11.5 Å². The number of unbranched alkanes of at least 4 members (excludes halogenated alkanes) is 1. The maximum atomic E-state index is 12.9. The number of methoxy groups -OCH3 is 2. The number of rotatable bonds is 10. The van der Waals surface area contributed by atoms with Crippen LogP contribution < -0.4 is 26.6 Å². The van der Waals surface area contributed by atoms with Crippen molar-refractivity contribution in [1.82, 2.24) is 9.55 Å². The molecule has 1 amide bonds. The average Bonchev–Trinajstić information content (AvgIpc) is 2.74. The largest absolute Gasteiger partial charge is 0.497 e. The van der Waals surface area contributed by atoms with Gasteiger partial charge in [-0.05, 0) is 30.2 Å². The van der Waals surface area contributed by atoms with Gasteiger partial charge in [-0.3, -0.25) is 24.0 Å². The van der Waals surface area contributed by atoms with E-state index < -0.39 is 17.2 Å². The van der Waals surface area contributed by atoms with E-state index >= 15 is 0 Å². The molecule has 0 aliphatic carbocycles. The summed E-state index contributed by atoms with van der Waals surface area (Å²) in [5.41, 5.74) is 5.56. The van der Waals surface area contributed by atoms with Crippen molar-refractivity contribution in [3.63, 3.8) is 0 Å². The standard InChI is InChI=1S/C21H28N4O5/c1-4-5-12-25-19(22)18(20(27)23-21(25)28)24(13-14-29-2)17(26)11-8-15-6-9-16(30-3)10-7-15/h6-11H,4-5,12-14,22H2,1-3H3,(H,23,27,28)/b11-8+. The number of H-pyrrole nitrogens is 1. The summed E-state index contributed by atoms with van der Waals surface area (Å²) in [6, 6.07) is 7.15. The van der Waals surface area contributed by atoms with Crippen molar-refractivity contribution in [2.75, 3.05) is 38.0 Å². The lowest BCUT2D eigenvalue weighted by Crippen LogP contribution is -2.42. The molecule has 0 saturated heterocycles. The molecule has 1 aromatic carbocycles. The summed E-state index contributed by atoms with van der Waals surface area (Å²) in [7, 11) is 3.07. The minimum Gasteiger partial charge on any atom is -0.497 e. The molecule has 0 fully saturated rings. The van der Waals surface area contributed by atoms with Crippen LogP contribution in [0.1, 0.15) is 25.3 Å². The van der Waals surface area contributed by atoms with Crippen molar-refractivity contribution in [1.29, 1.82) is 0 Å². The molecule has 0 aliphatic rings. The van der Waals surface area contributed by atoms with Crippen molar-refractivity contribution in [3.05, 3.63) is 56.7 Å². The third kappa shape index (κ3) is 5.60. The van der Waals surface area contributed by atoms with E-state index in [-0.39, 0.29) is 24.7 Å². The van der Waals surface area contributed by atoms with Crippen LogP contribution in [-0.4, -0.2) is 42.8 Å². The second-order valence-electron chi connectivity index (χ2n) is 6.59. The summed E-state index contributed by atoms with van der Waals surface area (Å²) >= 11 is 0. The van der Waals surface area contributed by atoms with Gasteiger partial charge in [0, 0.05) is 26.3 Å². The van der Waals surface area contributed by atoms with Crippen molar-refractivity contribution in [3.8, 4) is 5.75 Å². The Morgan fingerprint density at radius 3 is 2.53 bits per heavy atom. The van der Waals surface area contributed by atoms with Gasteiger partial charge in [0.05, 0.1) is 13.7 Å². The number of carbonyl (C=O) groups is 1. The van der Waals surface area contributed by atoms with Crippen LogP contribution in [-0.2, 0) is 16.1 Å². The highest BCUT2D eigenvalue weighted by atomic mass is 16.5. The van der Waals surface area contributed by atoms with E-state index in [4.69, 9.17) is 15.2 Å². The number of hydrogen-bond acceptors (Lipinski definition) is 6. The van der Waals surface area contributed by atoms with Gasteiger partial charge in [-0.2, -0.15) is 0 Å². The van der Waals surface area contributed by atoms with Gasteiger partial charge in [0.15, 0.2) is 5.69 Å². The van der Waals surface area contributed by atoms with E-state index in [1.807, 2.05) is 6.92 Å². The number of nitrogens with zero attached hydrogens (tertiary/aromatic N) is 2. The zero-order chi connectivity index (χ0) is 22.1. The van der Waals surface area contributed by atoms with Crippen LogP contribution in [0.2, 0.25) is 0 Å². The molecule has 0 aliphatic heterocycles. The second-order valence-corrected chi connectivity index (χ2v) is 6.59. The molecule has 30 heavy (non-hydrogen) atoms. The van der Waals surface area contributed by atoms with E-state index in [1.165, 1.54) is 22.7 Å². The fourth-order valence-corrected chi connectivity index (χ4v) is 2.86. The number of aromatic nitrogens is 2. The molecule has 9 nitrogen and oxygen atoms in total. The lowest BCUT2D eigenvalue weighted by atomic mass is 10.2.